The maximum atomic E-state index is 6.11. The lowest BCUT2D eigenvalue weighted by Gasteiger charge is -2.30. The molecular weight excluding hydrogens is 1620 g/mol. The standard InChI is InChI=1S/C32H48S3.C20H17NS2.C15H24O2S.C12H13N.C10H10OS.C8H10O2S.C6H8O/c1-6-9-12-15-18-26-22-29(34-25(26)5)32-28(20-17-14-11-8-3)23-30(35-32)31-27(21-24(4)33-31)19-16-13-10-7-2;1-14-8-12-19(22-14)17-10-11-18(20-13-9-15(2)23-20)21(17)16-6-4-3-5-7-16;1-5-7-15(8-6-2)9-16-13-11(3)18-12(4)14(13)17-10-15;1-10-8-9-11(2)13(10)12-6-4-3-5-7-12;1-7-3-5-9(11-7)10-6-4-8(2)12-10;1-5-7-8(6(2)11-5)10-4-3-9-7;1-5-3-4-6(2)7-5/h21-23H,6-20H2,1-5H3;3-13H,1-2H3;5-10H2,1-4H3;3-9H,1-2H3;3-6H,1-2H3;3-4H2,1-2H3;3-4H,1-2H3. The van der Waals surface area contributed by atoms with Crippen molar-refractivity contribution in [1.29, 1.82) is 0 Å². The smallest absolute Gasteiger partial charge is 0.175 e. The molecule has 636 valence electrons. The number of aryl methyl sites for hydroxylation is 17. The molecule has 0 unspecified atom stereocenters. The molecule has 2 aromatic carbocycles. The molecule has 16 heteroatoms. The van der Waals surface area contributed by atoms with Crippen molar-refractivity contribution in [2.45, 2.75) is 254 Å². The fourth-order valence-electron chi connectivity index (χ4n) is 15.4. The van der Waals surface area contributed by atoms with Crippen LogP contribution in [0.3, 0.4) is 0 Å². The fourth-order valence-corrected chi connectivity index (χ4v) is 23.5. The van der Waals surface area contributed by atoms with Gasteiger partial charge in [-0.15, -0.1) is 90.7 Å². The average molecular weight is 1750 g/mol. The number of aromatic nitrogens is 2. The summed E-state index contributed by atoms with van der Waals surface area (Å²) in [6, 6.07) is 58.3. The molecule has 0 saturated heterocycles. The largest absolute Gasteiger partial charge is 0.488 e. The number of nitrogens with zero attached hydrogens (tertiary/aromatic N) is 2. The number of hydrogen-bond acceptors (Lipinski definition) is 14. The third-order valence-corrected chi connectivity index (χ3v) is 30.1. The molecule has 0 bridgehead atoms. The van der Waals surface area contributed by atoms with Crippen molar-refractivity contribution < 1.29 is 27.8 Å². The number of para-hydroxylation sites is 2. The Labute approximate surface area is 745 Å². The Morgan fingerprint density at radius 1 is 0.303 bits per heavy atom. The van der Waals surface area contributed by atoms with Crippen LogP contribution < -0.4 is 18.9 Å². The number of fused-ring (bicyclic) bond motifs is 2. The SMILES string of the molecule is CCCC1(CCC)COc2c(C)sc(C)c2OC1.CCCCCCc1cc(-c2sc(-c3sc(C)cc3CCCCCC)cc2CCCCCC)sc1C.Cc1ccc(-c2ccc(-c3ccc(C)s3)n2-c2ccccc2)s1.Cc1ccc(-c2ccc(C)s2)o1.Cc1ccc(C)n1-c1ccccc1.Cc1ccc(C)o1.Cc1sc(C)c2c1OCCO2. The molecule has 0 spiro atoms. The van der Waals surface area contributed by atoms with Gasteiger partial charge in [0.15, 0.2) is 23.0 Å². The summed E-state index contributed by atoms with van der Waals surface area (Å²) in [6.45, 7) is 43.9. The van der Waals surface area contributed by atoms with Gasteiger partial charge in [0.25, 0.3) is 0 Å². The average Bonchev–Trinajstić information content (AvgIpc) is 1.64. The topological polar surface area (TPSA) is 73.1 Å². The maximum absolute atomic E-state index is 6.11. The van der Waals surface area contributed by atoms with E-state index in [0.29, 0.717) is 13.2 Å². The highest BCUT2D eigenvalue weighted by Gasteiger charge is 2.35. The Morgan fingerprint density at radius 2 is 0.706 bits per heavy atom. The minimum atomic E-state index is 0.207. The van der Waals surface area contributed by atoms with E-state index in [4.69, 9.17) is 27.8 Å². The van der Waals surface area contributed by atoms with Crippen LogP contribution in [0.5, 0.6) is 23.0 Å². The maximum Gasteiger partial charge on any atom is 0.175 e. The van der Waals surface area contributed by atoms with Crippen LogP contribution in [0.15, 0.2) is 173 Å². The van der Waals surface area contributed by atoms with Crippen LogP contribution in [0.1, 0.15) is 227 Å². The molecule has 12 aromatic heterocycles. The number of unbranched alkanes of at least 4 members (excludes halogenated alkanes) is 9. The van der Waals surface area contributed by atoms with Gasteiger partial charge in [-0.05, 0) is 292 Å². The Kier molecular flexibility index (Phi) is 37.1. The van der Waals surface area contributed by atoms with Crippen LogP contribution in [0.25, 0.3) is 62.7 Å². The highest BCUT2D eigenvalue weighted by molar-refractivity contribution is 7.26. The summed E-state index contributed by atoms with van der Waals surface area (Å²) in [4.78, 5) is 21.9. The van der Waals surface area contributed by atoms with E-state index >= 15 is 0 Å². The first-order chi connectivity index (χ1) is 57.5. The van der Waals surface area contributed by atoms with Gasteiger partial charge >= 0.3 is 0 Å². The van der Waals surface area contributed by atoms with Crippen LogP contribution in [0.2, 0.25) is 0 Å². The summed E-state index contributed by atoms with van der Waals surface area (Å²) in [7, 11) is 0. The lowest BCUT2D eigenvalue weighted by Crippen LogP contribution is -2.33. The normalized spacial score (nSPS) is 12.3. The van der Waals surface area contributed by atoms with Gasteiger partial charge in [-0.3, -0.25) is 0 Å². The van der Waals surface area contributed by atoms with E-state index in [-0.39, 0.29) is 5.41 Å². The van der Waals surface area contributed by atoms with Gasteiger partial charge in [0.1, 0.15) is 36.3 Å². The van der Waals surface area contributed by atoms with E-state index in [2.05, 4.69) is 265 Å². The first kappa shape index (κ1) is 93.6. The lowest BCUT2D eigenvalue weighted by atomic mass is 9.81. The molecular formula is C103H130N2O6S8. The molecule has 14 aromatic rings. The molecule has 0 saturated carbocycles. The van der Waals surface area contributed by atoms with E-state index in [1.54, 1.807) is 60.5 Å². The lowest BCUT2D eigenvalue weighted by molar-refractivity contribution is 0.0822. The second-order valence-electron chi connectivity index (χ2n) is 31.7. The molecule has 0 aliphatic carbocycles. The molecule has 8 nitrogen and oxygen atoms in total. The second-order valence-corrected chi connectivity index (χ2v) is 42.0. The molecule has 16 rings (SSSR count). The number of thiophene rings is 8. The predicted molar refractivity (Wildman–Crippen MR) is 523 cm³/mol. The minimum absolute atomic E-state index is 0.207. The van der Waals surface area contributed by atoms with Crippen molar-refractivity contribution in [3.8, 4) is 85.7 Å². The van der Waals surface area contributed by atoms with Gasteiger partial charge < -0.3 is 36.9 Å². The van der Waals surface area contributed by atoms with Gasteiger partial charge in [0.05, 0.1) is 39.2 Å². The second kappa shape index (κ2) is 47.1. The molecule has 14 heterocycles. The van der Waals surface area contributed by atoms with Crippen molar-refractivity contribution in [1.82, 2.24) is 9.13 Å². The first-order valence-electron chi connectivity index (χ1n) is 43.3. The van der Waals surface area contributed by atoms with Gasteiger partial charge in [-0.25, -0.2) is 0 Å². The van der Waals surface area contributed by atoms with E-state index in [1.165, 1.54) is 224 Å². The van der Waals surface area contributed by atoms with Gasteiger partial charge in [-0.1, -0.05) is 142 Å². The van der Waals surface area contributed by atoms with Crippen LogP contribution in [-0.4, -0.2) is 35.6 Å². The monoisotopic (exact) mass is 1750 g/mol. The van der Waals surface area contributed by atoms with Gasteiger partial charge in [0.2, 0.25) is 0 Å². The van der Waals surface area contributed by atoms with Gasteiger partial charge in [-0.2, -0.15) is 0 Å². The number of benzene rings is 2. The summed E-state index contributed by atoms with van der Waals surface area (Å²) in [5.41, 5.74) is 12.5. The van der Waals surface area contributed by atoms with Crippen LogP contribution in [-0.2, 0) is 19.3 Å². The molecule has 0 amide bonds. The van der Waals surface area contributed by atoms with Crippen molar-refractivity contribution in [3.05, 3.63) is 253 Å². The minimum Gasteiger partial charge on any atom is -0.488 e. The van der Waals surface area contributed by atoms with Crippen molar-refractivity contribution in [2.24, 2.45) is 5.41 Å². The predicted octanol–water partition coefficient (Wildman–Crippen LogP) is 34.2. The number of furan rings is 2. The Balaban J connectivity index is 0.000000154. The third kappa shape index (κ3) is 26.7. The van der Waals surface area contributed by atoms with Crippen molar-refractivity contribution in [3.63, 3.8) is 0 Å². The fraction of sp³-hybridized carbons (Fsp3) is 0.417. The van der Waals surface area contributed by atoms with E-state index in [0.717, 1.165) is 59.3 Å². The Morgan fingerprint density at radius 3 is 1.13 bits per heavy atom. The zero-order chi connectivity index (χ0) is 85.0. The molecule has 0 N–H and O–H groups in total. The first-order valence-corrected chi connectivity index (χ1v) is 49.9. The Hall–Kier alpha value is -7.64. The molecule has 0 atom stereocenters. The number of rotatable bonds is 26. The molecule has 0 radical (unpaired) electrons. The summed E-state index contributed by atoms with van der Waals surface area (Å²) < 4.78 is 38.3. The van der Waals surface area contributed by atoms with Crippen LogP contribution in [0.4, 0.5) is 0 Å². The third-order valence-electron chi connectivity index (χ3n) is 21.4. The van der Waals surface area contributed by atoms with E-state index in [1.807, 2.05) is 96.5 Å². The molecule has 119 heavy (non-hydrogen) atoms. The highest BCUT2D eigenvalue weighted by Crippen LogP contribution is 2.49. The van der Waals surface area contributed by atoms with Crippen molar-refractivity contribution in [2.75, 3.05) is 26.4 Å². The summed E-state index contributed by atoms with van der Waals surface area (Å²) in [6.07, 6.45) is 24.6. The zero-order valence-corrected chi connectivity index (χ0v) is 81.0. The molecule has 0 fully saturated rings. The number of hydrogen-bond donors (Lipinski definition) is 0. The summed E-state index contributed by atoms with van der Waals surface area (Å²) in [5, 5.41) is 0. The van der Waals surface area contributed by atoms with Gasteiger partial charge in [0, 0.05) is 91.6 Å². The molecule has 2 aliphatic rings. The highest BCUT2D eigenvalue weighted by atomic mass is 32.1. The van der Waals surface area contributed by atoms with Crippen LogP contribution >= 0.6 is 90.7 Å². The van der Waals surface area contributed by atoms with E-state index < -0.39 is 0 Å². The van der Waals surface area contributed by atoms with Crippen molar-refractivity contribution >= 4 is 90.7 Å². The Bertz CT molecular complexity index is 5110. The summed E-state index contributed by atoms with van der Waals surface area (Å²) in [5.74, 6) is 7.81. The summed E-state index contributed by atoms with van der Waals surface area (Å²) >= 11 is 15.1. The van der Waals surface area contributed by atoms with Crippen LogP contribution in [0, 0.1) is 102 Å². The quantitative estimate of drug-likeness (QED) is 0.0503. The number of ether oxygens (including phenoxy) is 4. The zero-order valence-electron chi connectivity index (χ0n) is 74.5. The van der Waals surface area contributed by atoms with E-state index in [9.17, 15) is 0 Å². The molecule has 2 aliphatic heterocycles.